The minimum Gasteiger partial charge on any atom is -0.684 e. The Bertz CT molecular complexity index is 199. The van der Waals surface area contributed by atoms with Crippen LogP contribution in [-0.4, -0.2) is 6.54 Å². The summed E-state index contributed by atoms with van der Waals surface area (Å²) >= 11 is 0. The summed E-state index contributed by atoms with van der Waals surface area (Å²) < 4.78 is 0. The second-order valence-corrected chi connectivity index (χ2v) is 2.26. The fourth-order valence-corrected chi connectivity index (χ4v) is 1.17. The predicted molar refractivity (Wildman–Crippen MR) is 38.0 cm³/mol. The number of hydrogen-bond donors (Lipinski definition) is 0. The molecule has 2 heteroatoms. The van der Waals surface area contributed by atoms with Crippen molar-refractivity contribution in [3.8, 4) is 0 Å². The van der Waals surface area contributed by atoms with Crippen LogP contribution in [0.1, 0.15) is 5.56 Å². The molecule has 1 aromatic rings. The van der Waals surface area contributed by atoms with Crippen LogP contribution in [0.4, 0.5) is 5.69 Å². The summed E-state index contributed by atoms with van der Waals surface area (Å²) in [6.07, 6.45) is 1.14. The second kappa shape index (κ2) is 3.14. The van der Waals surface area contributed by atoms with Crippen molar-refractivity contribution < 1.29 is 18.9 Å². The Kier molecular flexibility index (Phi) is 2.43. The molecule has 1 aliphatic rings. The van der Waals surface area contributed by atoms with Gasteiger partial charge in [-0.15, -0.1) is 12.2 Å². The van der Waals surface area contributed by atoms with Gasteiger partial charge in [-0.05, 0) is 6.42 Å². The van der Waals surface area contributed by atoms with E-state index in [1.54, 1.807) is 0 Å². The molecule has 0 atom stereocenters. The molecule has 0 fully saturated rings. The molecule has 0 saturated carbocycles. The molecule has 0 radical (unpaired) electrons. The van der Waals surface area contributed by atoms with Gasteiger partial charge in [0.05, 0.1) is 0 Å². The maximum absolute atomic E-state index is 4.30. The van der Waals surface area contributed by atoms with Gasteiger partial charge in [-0.2, -0.15) is 0 Å². The van der Waals surface area contributed by atoms with Gasteiger partial charge in [0.25, 0.3) is 0 Å². The summed E-state index contributed by atoms with van der Waals surface area (Å²) in [6.45, 7) is 0.985. The van der Waals surface area contributed by atoms with E-state index in [1.165, 1.54) is 11.3 Å². The largest absolute Gasteiger partial charge is 1.00 e. The molecule has 0 unspecified atom stereocenters. The summed E-state index contributed by atoms with van der Waals surface area (Å²) in [4.78, 5) is 0. The molecule has 2 rings (SSSR count). The van der Waals surface area contributed by atoms with Gasteiger partial charge < -0.3 is 5.32 Å². The summed E-state index contributed by atoms with van der Waals surface area (Å²) in [5.74, 6) is 0. The Morgan fingerprint density at radius 1 is 1.20 bits per heavy atom. The molecular weight excluding hydrogens is 117 g/mol. The van der Waals surface area contributed by atoms with Crippen LogP contribution in [0.2, 0.25) is 0 Å². The Morgan fingerprint density at radius 3 is 2.80 bits per heavy atom. The molecule has 46 valence electrons. The van der Waals surface area contributed by atoms with Crippen molar-refractivity contribution in [3.63, 3.8) is 0 Å². The molecule has 1 aliphatic heterocycles. The van der Waals surface area contributed by atoms with Crippen LogP contribution in [0.5, 0.6) is 0 Å². The average Bonchev–Trinajstić information content (AvgIpc) is 2.33. The first-order valence-electron chi connectivity index (χ1n) is 3.22. The van der Waals surface area contributed by atoms with Gasteiger partial charge in [0, 0.05) is 0 Å². The molecular formula is C8H8LiN. The second-order valence-electron chi connectivity index (χ2n) is 2.26. The van der Waals surface area contributed by atoms with E-state index in [-0.39, 0.29) is 18.9 Å². The van der Waals surface area contributed by atoms with E-state index < -0.39 is 0 Å². The van der Waals surface area contributed by atoms with Crippen LogP contribution < -0.4 is 18.9 Å². The topological polar surface area (TPSA) is 14.1 Å². The molecule has 10 heavy (non-hydrogen) atoms. The van der Waals surface area contributed by atoms with Crippen molar-refractivity contribution in [2.45, 2.75) is 6.42 Å². The molecule has 1 nitrogen and oxygen atoms in total. The zero-order chi connectivity index (χ0) is 6.10. The number of nitrogens with zero attached hydrogens (tertiary/aromatic N) is 1. The van der Waals surface area contributed by atoms with Crippen LogP contribution in [-0.2, 0) is 6.42 Å². The Hall–Kier alpha value is -0.383. The molecule has 0 amide bonds. The fourth-order valence-electron chi connectivity index (χ4n) is 1.17. The number of benzene rings is 1. The summed E-state index contributed by atoms with van der Waals surface area (Å²) in [5, 5.41) is 4.30. The minimum atomic E-state index is 0. The summed E-state index contributed by atoms with van der Waals surface area (Å²) in [6, 6.07) is 8.32. The zero-order valence-corrected chi connectivity index (χ0v) is 6.17. The zero-order valence-electron chi connectivity index (χ0n) is 6.17. The summed E-state index contributed by atoms with van der Waals surface area (Å²) in [5.41, 5.74) is 2.59. The van der Waals surface area contributed by atoms with E-state index in [9.17, 15) is 0 Å². The SMILES string of the molecule is [Li+].c1ccc2c(c1)CC[N-]2. The van der Waals surface area contributed by atoms with E-state index in [2.05, 4.69) is 23.5 Å². The van der Waals surface area contributed by atoms with Gasteiger partial charge in [-0.3, -0.25) is 0 Å². The van der Waals surface area contributed by atoms with E-state index in [0.717, 1.165) is 13.0 Å². The standard InChI is InChI=1S/C8H8N.Li/c1-2-4-8-7(3-1)5-6-9-8;/h1-4H,5-6H2;/q-1;+1. The van der Waals surface area contributed by atoms with Crippen molar-refractivity contribution in [1.82, 2.24) is 0 Å². The van der Waals surface area contributed by atoms with Crippen molar-refractivity contribution >= 4 is 5.69 Å². The molecule has 0 aliphatic carbocycles. The molecule has 1 heterocycles. The Labute approximate surface area is 73.0 Å². The van der Waals surface area contributed by atoms with E-state index in [0.29, 0.717) is 0 Å². The maximum Gasteiger partial charge on any atom is 1.00 e. The molecule has 0 spiro atoms. The fraction of sp³-hybridized carbons (Fsp3) is 0.250. The first-order chi connectivity index (χ1) is 4.47. The first kappa shape index (κ1) is 7.72. The van der Waals surface area contributed by atoms with Gasteiger partial charge in [-0.25, -0.2) is 0 Å². The van der Waals surface area contributed by atoms with Crippen molar-refractivity contribution in [2.75, 3.05) is 6.54 Å². The average molecular weight is 125 g/mol. The van der Waals surface area contributed by atoms with Gasteiger partial charge in [-0.1, -0.05) is 29.8 Å². The van der Waals surface area contributed by atoms with Crippen LogP contribution >= 0.6 is 0 Å². The van der Waals surface area contributed by atoms with Crippen LogP contribution in [0.15, 0.2) is 24.3 Å². The van der Waals surface area contributed by atoms with Gasteiger partial charge in [0.2, 0.25) is 0 Å². The monoisotopic (exact) mass is 125 g/mol. The normalized spacial score (nSPS) is 13.2. The number of hydrogen-bond acceptors (Lipinski definition) is 0. The van der Waals surface area contributed by atoms with Gasteiger partial charge in [0.1, 0.15) is 0 Å². The number of rotatable bonds is 0. The smallest absolute Gasteiger partial charge is 0.684 e. The quantitative estimate of drug-likeness (QED) is 0.405. The Balaban J connectivity index is 0.000000500. The third-order valence-corrected chi connectivity index (χ3v) is 1.65. The maximum atomic E-state index is 4.30. The van der Waals surface area contributed by atoms with E-state index >= 15 is 0 Å². The molecule has 0 bridgehead atoms. The third kappa shape index (κ3) is 1.21. The molecule has 0 saturated heterocycles. The van der Waals surface area contributed by atoms with Gasteiger partial charge in [0.15, 0.2) is 0 Å². The first-order valence-corrected chi connectivity index (χ1v) is 3.22. The predicted octanol–water partition coefficient (Wildman–Crippen LogP) is -0.748. The number of fused-ring (bicyclic) bond motifs is 1. The van der Waals surface area contributed by atoms with E-state index in [1.807, 2.05) is 6.07 Å². The Morgan fingerprint density at radius 2 is 2.00 bits per heavy atom. The molecule has 0 aromatic heterocycles. The van der Waals surface area contributed by atoms with Gasteiger partial charge >= 0.3 is 18.9 Å². The van der Waals surface area contributed by atoms with Crippen molar-refractivity contribution in [1.29, 1.82) is 0 Å². The van der Waals surface area contributed by atoms with Crippen LogP contribution in [0, 0.1) is 0 Å². The van der Waals surface area contributed by atoms with Crippen LogP contribution in [0.25, 0.3) is 5.32 Å². The molecule has 1 aromatic carbocycles. The van der Waals surface area contributed by atoms with Crippen molar-refractivity contribution in [3.05, 3.63) is 35.1 Å². The minimum absolute atomic E-state index is 0. The van der Waals surface area contributed by atoms with Crippen LogP contribution in [0.3, 0.4) is 0 Å². The number of para-hydroxylation sites is 1. The summed E-state index contributed by atoms with van der Waals surface area (Å²) in [7, 11) is 0. The third-order valence-electron chi connectivity index (χ3n) is 1.65. The van der Waals surface area contributed by atoms with Crippen molar-refractivity contribution in [2.24, 2.45) is 0 Å². The molecule has 0 N–H and O–H groups in total. The van der Waals surface area contributed by atoms with E-state index in [4.69, 9.17) is 0 Å².